The van der Waals surface area contributed by atoms with Crippen molar-refractivity contribution in [3.05, 3.63) is 35.6 Å². The smallest absolute Gasteiger partial charge is 0.239 e. The van der Waals surface area contributed by atoms with Crippen LogP contribution in [0.25, 0.3) is 0 Å². The molecule has 1 aromatic carbocycles. The van der Waals surface area contributed by atoms with Crippen LogP contribution in [-0.2, 0) is 9.59 Å². The molecule has 1 aliphatic rings. The summed E-state index contributed by atoms with van der Waals surface area (Å²) in [6.07, 6.45) is 0. The van der Waals surface area contributed by atoms with E-state index in [4.69, 9.17) is 5.73 Å². The molecule has 0 unspecified atom stereocenters. The average Bonchev–Trinajstić information content (AvgIpc) is 2.56. The van der Waals surface area contributed by atoms with Gasteiger partial charge in [-0.2, -0.15) is 0 Å². The van der Waals surface area contributed by atoms with Crippen LogP contribution in [-0.4, -0.2) is 60.9 Å². The number of piperazine rings is 1. The van der Waals surface area contributed by atoms with Gasteiger partial charge >= 0.3 is 0 Å². The summed E-state index contributed by atoms with van der Waals surface area (Å²) >= 11 is 0. The summed E-state index contributed by atoms with van der Waals surface area (Å²) in [5.41, 5.74) is 6.26. The maximum Gasteiger partial charge on any atom is 0.239 e. The molecule has 7 heteroatoms. The number of hydrogen-bond acceptors (Lipinski definition) is 4. The van der Waals surface area contributed by atoms with Crippen LogP contribution >= 0.6 is 0 Å². The Morgan fingerprint density at radius 1 is 1.16 bits per heavy atom. The highest BCUT2D eigenvalue weighted by molar-refractivity contribution is 5.81. The highest BCUT2D eigenvalue weighted by Gasteiger charge is 2.29. The third-order valence-electron chi connectivity index (χ3n) is 4.30. The first-order valence-electron chi connectivity index (χ1n) is 8.64. The molecular formula is C18H27FN4O2. The summed E-state index contributed by atoms with van der Waals surface area (Å²) in [4.78, 5) is 27.9. The minimum absolute atomic E-state index is 0.0205. The molecule has 1 saturated heterocycles. The molecule has 3 N–H and O–H groups in total. The number of nitrogens with zero attached hydrogens (tertiary/aromatic N) is 2. The molecule has 1 aliphatic heterocycles. The Kier molecular flexibility index (Phi) is 6.90. The van der Waals surface area contributed by atoms with Crippen LogP contribution in [0.4, 0.5) is 4.39 Å². The number of amides is 2. The molecule has 2 amide bonds. The van der Waals surface area contributed by atoms with Gasteiger partial charge in [0.05, 0.1) is 6.54 Å². The number of hydrogen-bond donors (Lipinski definition) is 2. The molecule has 1 atom stereocenters. The zero-order valence-electron chi connectivity index (χ0n) is 14.9. The maximum atomic E-state index is 13.1. The van der Waals surface area contributed by atoms with Crippen molar-refractivity contribution in [2.75, 3.05) is 39.3 Å². The van der Waals surface area contributed by atoms with Crippen LogP contribution in [0.1, 0.15) is 25.5 Å². The highest BCUT2D eigenvalue weighted by Crippen LogP contribution is 2.22. The minimum Gasteiger partial charge on any atom is -0.368 e. The Bertz CT molecular complexity index is 583. The molecule has 25 heavy (non-hydrogen) atoms. The van der Waals surface area contributed by atoms with Crippen LogP contribution in [0.2, 0.25) is 0 Å². The Morgan fingerprint density at radius 2 is 1.76 bits per heavy atom. The summed E-state index contributed by atoms with van der Waals surface area (Å²) in [5, 5.41) is 2.91. The number of halogens is 1. The van der Waals surface area contributed by atoms with Crippen LogP contribution in [0.3, 0.4) is 0 Å². The Morgan fingerprint density at radius 3 is 2.28 bits per heavy atom. The minimum atomic E-state index is -0.572. The Balaban J connectivity index is 1.89. The van der Waals surface area contributed by atoms with Crippen LogP contribution in [0, 0.1) is 11.7 Å². The lowest BCUT2D eigenvalue weighted by molar-refractivity contribution is -0.126. The van der Waals surface area contributed by atoms with Gasteiger partial charge < -0.3 is 11.1 Å². The van der Waals surface area contributed by atoms with E-state index >= 15 is 0 Å². The Hall–Kier alpha value is -1.99. The SMILES string of the molecule is CC(C)CNC(=O)CN1CCN([C@@H](C(N)=O)c2ccc(F)cc2)CC1. The van der Waals surface area contributed by atoms with Crippen molar-refractivity contribution >= 4 is 11.8 Å². The third kappa shape index (κ3) is 5.79. The van der Waals surface area contributed by atoms with E-state index in [0.29, 0.717) is 50.7 Å². The molecule has 1 aromatic rings. The molecular weight excluding hydrogens is 323 g/mol. The standard InChI is InChI=1S/C18H27FN4O2/c1-13(2)11-21-16(24)12-22-7-9-23(10-8-22)17(18(20)25)14-3-5-15(19)6-4-14/h3-6,13,17H,7-12H2,1-2H3,(H2,20,25)(H,21,24)/t17-/m1/s1. The van der Waals surface area contributed by atoms with E-state index in [1.807, 2.05) is 4.90 Å². The summed E-state index contributed by atoms with van der Waals surface area (Å²) in [7, 11) is 0. The van der Waals surface area contributed by atoms with Crippen LogP contribution in [0.5, 0.6) is 0 Å². The second-order valence-corrected chi connectivity index (χ2v) is 6.87. The first-order valence-corrected chi connectivity index (χ1v) is 8.64. The normalized spacial score (nSPS) is 17.4. The molecule has 0 aromatic heterocycles. The van der Waals surface area contributed by atoms with Crippen molar-refractivity contribution < 1.29 is 14.0 Å². The lowest BCUT2D eigenvalue weighted by Crippen LogP contribution is -2.52. The predicted octanol–water partition coefficient (Wildman–Crippen LogP) is 0.742. The average molecular weight is 350 g/mol. The van der Waals surface area contributed by atoms with Crippen molar-refractivity contribution in [3.63, 3.8) is 0 Å². The number of nitrogens with one attached hydrogen (secondary N) is 1. The van der Waals surface area contributed by atoms with Gasteiger partial charge in [0.1, 0.15) is 11.9 Å². The maximum absolute atomic E-state index is 13.1. The summed E-state index contributed by atoms with van der Waals surface area (Å²) in [6, 6.07) is 5.28. The molecule has 0 spiro atoms. The van der Waals surface area contributed by atoms with Gasteiger partial charge in [0, 0.05) is 32.7 Å². The van der Waals surface area contributed by atoms with Crippen LogP contribution in [0.15, 0.2) is 24.3 Å². The largest absolute Gasteiger partial charge is 0.368 e. The topological polar surface area (TPSA) is 78.7 Å². The number of benzene rings is 1. The lowest BCUT2D eigenvalue weighted by Gasteiger charge is -2.38. The first kappa shape index (κ1) is 19.3. The Labute approximate surface area is 148 Å². The lowest BCUT2D eigenvalue weighted by atomic mass is 10.0. The van der Waals surface area contributed by atoms with Gasteiger partial charge in [0.25, 0.3) is 0 Å². The molecule has 0 aliphatic carbocycles. The van der Waals surface area contributed by atoms with Gasteiger partial charge in [0.2, 0.25) is 11.8 Å². The monoisotopic (exact) mass is 350 g/mol. The van der Waals surface area contributed by atoms with Crippen molar-refractivity contribution in [2.24, 2.45) is 11.7 Å². The summed E-state index contributed by atoms with van der Waals surface area (Å²) < 4.78 is 13.1. The molecule has 0 saturated carbocycles. The molecule has 1 fully saturated rings. The van der Waals surface area contributed by atoms with Crippen molar-refractivity contribution in [1.82, 2.24) is 15.1 Å². The van der Waals surface area contributed by atoms with E-state index < -0.39 is 11.9 Å². The molecule has 6 nitrogen and oxygen atoms in total. The van der Waals surface area contributed by atoms with Gasteiger partial charge in [-0.3, -0.25) is 19.4 Å². The van der Waals surface area contributed by atoms with E-state index in [2.05, 4.69) is 24.1 Å². The fourth-order valence-electron chi connectivity index (χ4n) is 2.96. The van der Waals surface area contributed by atoms with E-state index in [1.165, 1.54) is 12.1 Å². The second kappa shape index (κ2) is 8.92. The summed E-state index contributed by atoms with van der Waals surface area (Å²) in [5.74, 6) is -0.348. The van der Waals surface area contributed by atoms with Crippen LogP contribution < -0.4 is 11.1 Å². The fraction of sp³-hybridized carbons (Fsp3) is 0.556. The molecule has 2 rings (SSSR count). The van der Waals surface area contributed by atoms with Crippen molar-refractivity contribution in [2.45, 2.75) is 19.9 Å². The second-order valence-electron chi connectivity index (χ2n) is 6.87. The molecule has 138 valence electrons. The van der Waals surface area contributed by atoms with Gasteiger partial charge in [0.15, 0.2) is 0 Å². The highest BCUT2D eigenvalue weighted by atomic mass is 19.1. The van der Waals surface area contributed by atoms with Gasteiger partial charge in [-0.05, 0) is 23.6 Å². The zero-order chi connectivity index (χ0) is 18.4. The number of carbonyl (C=O) groups is 2. The number of carbonyl (C=O) groups excluding carboxylic acids is 2. The van der Waals surface area contributed by atoms with Crippen molar-refractivity contribution in [3.8, 4) is 0 Å². The number of primary amides is 1. The van der Waals surface area contributed by atoms with Gasteiger partial charge in [-0.15, -0.1) is 0 Å². The zero-order valence-corrected chi connectivity index (χ0v) is 14.9. The quantitative estimate of drug-likeness (QED) is 0.760. The van der Waals surface area contributed by atoms with E-state index in [9.17, 15) is 14.0 Å². The fourth-order valence-corrected chi connectivity index (χ4v) is 2.96. The number of rotatable bonds is 7. The molecule has 1 heterocycles. The summed E-state index contributed by atoms with van der Waals surface area (Å²) in [6.45, 7) is 7.76. The van der Waals surface area contributed by atoms with Crippen molar-refractivity contribution in [1.29, 1.82) is 0 Å². The predicted molar refractivity (Wildman–Crippen MR) is 94.2 cm³/mol. The first-order chi connectivity index (χ1) is 11.9. The van der Waals surface area contributed by atoms with E-state index in [1.54, 1.807) is 12.1 Å². The third-order valence-corrected chi connectivity index (χ3v) is 4.30. The molecule has 0 radical (unpaired) electrons. The van der Waals surface area contributed by atoms with Gasteiger partial charge in [-0.1, -0.05) is 26.0 Å². The van der Waals surface area contributed by atoms with E-state index in [0.717, 1.165) is 0 Å². The number of nitrogens with two attached hydrogens (primary N) is 1. The van der Waals surface area contributed by atoms with Gasteiger partial charge in [-0.25, -0.2) is 4.39 Å². The molecule has 0 bridgehead atoms. The van der Waals surface area contributed by atoms with E-state index in [-0.39, 0.29) is 11.7 Å².